The Labute approximate surface area is 76.5 Å². The lowest BCUT2D eigenvalue weighted by molar-refractivity contribution is -0.132. The first-order valence-electron chi connectivity index (χ1n) is 3.96. The number of hydrogen-bond acceptors (Lipinski definition) is 3. The summed E-state index contributed by atoms with van der Waals surface area (Å²) in [6.45, 7) is 2.06. The highest BCUT2D eigenvalue weighted by Gasteiger charge is 2.24. The predicted octanol–water partition coefficient (Wildman–Crippen LogP) is -0.982. The van der Waals surface area contributed by atoms with E-state index < -0.39 is 0 Å². The second-order valence-corrected chi connectivity index (χ2v) is 3.03. The van der Waals surface area contributed by atoms with Crippen molar-refractivity contribution in [3.63, 3.8) is 0 Å². The molecule has 0 radical (unpaired) electrons. The van der Waals surface area contributed by atoms with E-state index in [1.807, 2.05) is 0 Å². The van der Waals surface area contributed by atoms with Crippen LogP contribution < -0.4 is 5.32 Å². The maximum absolute atomic E-state index is 11.2. The van der Waals surface area contributed by atoms with Crippen LogP contribution in [0.15, 0.2) is 0 Å². The van der Waals surface area contributed by atoms with Crippen LogP contribution in [-0.4, -0.2) is 54.1 Å². The predicted molar refractivity (Wildman–Crippen MR) is 46.2 cm³/mol. The lowest BCUT2D eigenvalue weighted by Gasteiger charge is -2.34. The van der Waals surface area contributed by atoms with E-state index in [9.17, 15) is 4.79 Å². The van der Waals surface area contributed by atoms with Crippen LogP contribution in [0.3, 0.4) is 0 Å². The molecule has 1 rings (SSSR count). The molecule has 5 heteroatoms. The third kappa shape index (κ3) is 2.09. The number of carbonyl (C=O) groups excluding carboxylic acids is 1. The van der Waals surface area contributed by atoms with E-state index in [2.05, 4.69) is 5.32 Å². The Hall–Kier alpha value is -0.320. The smallest absolute Gasteiger partial charge is 0.237 e. The third-order valence-electron chi connectivity index (χ3n) is 2.00. The zero-order chi connectivity index (χ0) is 8.97. The number of piperazine rings is 1. The van der Waals surface area contributed by atoms with Crippen molar-refractivity contribution in [1.29, 1.82) is 0 Å². The third-order valence-corrected chi connectivity index (χ3v) is 2.22. The SMILES string of the molecule is O=C(CCl)N1CCNC[C@@H]1CO. The van der Waals surface area contributed by atoms with Gasteiger partial charge in [0.1, 0.15) is 5.88 Å². The molecule has 1 heterocycles. The van der Waals surface area contributed by atoms with Gasteiger partial charge in [-0.2, -0.15) is 0 Å². The fourth-order valence-electron chi connectivity index (χ4n) is 1.33. The standard InChI is InChI=1S/C7H13ClN2O2/c8-3-7(12)10-2-1-9-4-6(10)5-11/h6,9,11H,1-5H2/t6-/m1/s1. The van der Waals surface area contributed by atoms with E-state index >= 15 is 0 Å². The molecule has 1 atom stereocenters. The normalized spacial score (nSPS) is 24.2. The molecule has 0 saturated carbocycles. The molecule has 1 fully saturated rings. The van der Waals surface area contributed by atoms with Crippen molar-refractivity contribution < 1.29 is 9.90 Å². The van der Waals surface area contributed by atoms with E-state index in [0.29, 0.717) is 13.1 Å². The van der Waals surface area contributed by atoms with E-state index in [1.54, 1.807) is 4.90 Å². The summed E-state index contributed by atoms with van der Waals surface area (Å²) in [6.07, 6.45) is 0. The first kappa shape index (κ1) is 9.77. The summed E-state index contributed by atoms with van der Waals surface area (Å²) >= 11 is 5.41. The van der Waals surface area contributed by atoms with Crippen LogP contribution in [0.4, 0.5) is 0 Å². The van der Waals surface area contributed by atoms with E-state index in [0.717, 1.165) is 6.54 Å². The summed E-state index contributed by atoms with van der Waals surface area (Å²) in [6, 6.07) is -0.106. The molecule has 12 heavy (non-hydrogen) atoms. The monoisotopic (exact) mass is 192 g/mol. The highest BCUT2D eigenvalue weighted by atomic mass is 35.5. The van der Waals surface area contributed by atoms with Gasteiger partial charge in [-0.1, -0.05) is 0 Å². The van der Waals surface area contributed by atoms with Crippen molar-refractivity contribution >= 4 is 17.5 Å². The molecule has 1 saturated heterocycles. The molecular formula is C7H13ClN2O2. The number of alkyl halides is 1. The van der Waals surface area contributed by atoms with Gasteiger partial charge in [0.05, 0.1) is 12.6 Å². The van der Waals surface area contributed by atoms with Gasteiger partial charge in [0.15, 0.2) is 0 Å². The fraction of sp³-hybridized carbons (Fsp3) is 0.857. The molecule has 1 aliphatic heterocycles. The molecule has 0 aliphatic carbocycles. The molecule has 2 N–H and O–H groups in total. The number of nitrogens with one attached hydrogen (secondary N) is 1. The molecule has 0 spiro atoms. The van der Waals surface area contributed by atoms with Crippen LogP contribution in [0.5, 0.6) is 0 Å². The Morgan fingerprint density at radius 2 is 2.50 bits per heavy atom. The number of aliphatic hydroxyl groups is 1. The highest BCUT2D eigenvalue weighted by molar-refractivity contribution is 6.27. The van der Waals surface area contributed by atoms with E-state index in [4.69, 9.17) is 16.7 Å². The molecule has 70 valence electrons. The van der Waals surface area contributed by atoms with Gasteiger partial charge in [0.25, 0.3) is 0 Å². The minimum absolute atomic E-state index is 0.00347. The van der Waals surface area contributed by atoms with Crippen molar-refractivity contribution in [2.75, 3.05) is 32.1 Å². The number of amides is 1. The summed E-state index contributed by atoms with van der Waals surface area (Å²) in [5.74, 6) is -0.103. The van der Waals surface area contributed by atoms with E-state index in [1.165, 1.54) is 0 Å². The Morgan fingerprint density at radius 1 is 1.75 bits per heavy atom. The Kier molecular flexibility index (Phi) is 3.78. The number of aliphatic hydroxyl groups excluding tert-OH is 1. The number of carbonyl (C=O) groups is 1. The van der Waals surface area contributed by atoms with Gasteiger partial charge < -0.3 is 15.3 Å². The van der Waals surface area contributed by atoms with Crippen molar-refractivity contribution in [3.8, 4) is 0 Å². The topological polar surface area (TPSA) is 52.6 Å². The summed E-state index contributed by atoms with van der Waals surface area (Å²) < 4.78 is 0. The van der Waals surface area contributed by atoms with Crippen molar-refractivity contribution in [3.05, 3.63) is 0 Å². The van der Waals surface area contributed by atoms with Gasteiger partial charge in [-0.3, -0.25) is 4.79 Å². The summed E-state index contributed by atoms with van der Waals surface area (Å²) in [7, 11) is 0. The number of halogens is 1. The van der Waals surface area contributed by atoms with Crippen molar-refractivity contribution in [1.82, 2.24) is 10.2 Å². The molecular weight excluding hydrogens is 180 g/mol. The number of nitrogens with zero attached hydrogens (tertiary/aromatic N) is 1. The zero-order valence-electron chi connectivity index (χ0n) is 6.79. The first-order chi connectivity index (χ1) is 5.79. The van der Waals surface area contributed by atoms with Gasteiger partial charge in [0, 0.05) is 19.6 Å². The largest absolute Gasteiger partial charge is 0.394 e. The molecule has 0 unspecified atom stereocenters. The lowest BCUT2D eigenvalue weighted by atomic mass is 10.2. The van der Waals surface area contributed by atoms with Gasteiger partial charge in [-0.05, 0) is 0 Å². The molecule has 1 aliphatic rings. The molecule has 4 nitrogen and oxygen atoms in total. The Balaban J connectivity index is 2.52. The van der Waals surface area contributed by atoms with Crippen LogP contribution in [0.25, 0.3) is 0 Å². The number of hydrogen-bond donors (Lipinski definition) is 2. The Bertz CT molecular complexity index is 165. The maximum Gasteiger partial charge on any atom is 0.237 e. The highest BCUT2D eigenvalue weighted by Crippen LogP contribution is 2.03. The second kappa shape index (κ2) is 4.64. The quantitative estimate of drug-likeness (QED) is 0.553. The summed E-state index contributed by atoms with van der Waals surface area (Å²) in [5, 5.41) is 12.0. The minimum Gasteiger partial charge on any atom is -0.394 e. The zero-order valence-corrected chi connectivity index (χ0v) is 7.55. The van der Waals surface area contributed by atoms with Crippen LogP contribution in [0.2, 0.25) is 0 Å². The van der Waals surface area contributed by atoms with Gasteiger partial charge >= 0.3 is 0 Å². The van der Waals surface area contributed by atoms with Crippen LogP contribution >= 0.6 is 11.6 Å². The number of rotatable bonds is 2. The molecule has 0 aromatic heterocycles. The van der Waals surface area contributed by atoms with Crippen LogP contribution in [-0.2, 0) is 4.79 Å². The van der Waals surface area contributed by atoms with Gasteiger partial charge in [-0.15, -0.1) is 11.6 Å². The molecule has 1 amide bonds. The van der Waals surface area contributed by atoms with Crippen molar-refractivity contribution in [2.45, 2.75) is 6.04 Å². The van der Waals surface area contributed by atoms with Crippen molar-refractivity contribution in [2.24, 2.45) is 0 Å². The van der Waals surface area contributed by atoms with Crippen LogP contribution in [0, 0.1) is 0 Å². The Morgan fingerprint density at radius 3 is 3.08 bits per heavy atom. The maximum atomic E-state index is 11.2. The average molecular weight is 193 g/mol. The molecule has 0 aromatic rings. The fourth-order valence-corrected chi connectivity index (χ4v) is 1.48. The van der Waals surface area contributed by atoms with E-state index in [-0.39, 0.29) is 24.4 Å². The molecule has 0 aromatic carbocycles. The summed E-state index contributed by atoms with van der Waals surface area (Å²) in [4.78, 5) is 12.8. The first-order valence-corrected chi connectivity index (χ1v) is 4.50. The van der Waals surface area contributed by atoms with Crippen LogP contribution in [0.1, 0.15) is 0 Å². The second-order valence-electron chi connectivity index (χ2n) is 2.76. The average Bonchev–Trinajstić information content (AvgIpc) is 2.16. The summed E-state index contributed by atoms with van der Waals surface area (Å²) in [5.41, 5.74) is 0. The molecule has 0 bridgehead atoms. The van der Waals surface area contributed by atoms with Gasteiger partial charge in [-0.25, -0.2) is 0 Å². The lowest BCUT2D eigenvalue weighted by Crippen LogP contribution is -2.55. The minimum atomic E-state index is -0.106. The van der Waals surface area contributed by atoms with Gasteiger partial charge in [0.2, 0.25) is 5.91 Å².